The number of hydrogen-bond acceptors (Lipinski definition) is 4. The molecule has 0 saturated carbocycles. The fourth-order valence-corrected chi connectivity index (χ4v) is 2.76. The highest BCUT2D eigenvalue weighted by Crippen LogP contribution is 2.30. The molecule has 5 nitrogen and oxygen atoms in total. The Balaban J connectivity index is 2.75. The van der Waals surface area contributed by atoms with Crippen LogP contribution < -0.4 is 10.6 Å². The van der Waals surface area contributed by atoms with Crippen molar-refractivity contribution >= 4 is 11.9 Å². The van der Waals surface area contributed by atoms with Gasteiger partial charge in [-0.1, -0.05) is 20.8 Å². The SMILES string of the molecule is CCC1(C(=O)N[C@@H](CC(C)C)C(=O)OC)CCCNC1. The van der Waals surface area contributed by atoms with Crippen molar-refractivity contribution in [2.24, 2.45) is 11.3 Å². The van der Waals surface area contributed by atoms with Gasteiger partial charge in [0.05, 0.1) is 12.5 Å². The summed E-state index contributed by atoms with van der Waals surface area (Å²) in [6.07, 6.45) is 3.25. The summed E-state index contributed by atoms with van der Waals surface area (Å²) in [5.41, 5.74) is -0.387. The van der Waals surface area contributed by atoms with E-state index in [0.29, 0.717) is 18.9 Å². The van der Waals surface area contributed by atoms with Gasteiger partial charge in [-0.3, -0.25) is 4.79 Å². The average Bonchev–Trinajstić information content (AvgIpc) is 2.45. The van der Waals surface area contributed by atoms with Gasteiger partial charge < -0.3 is 15.4 Å². The molecule has 0 aromatic heterocycles. The number of piperidine rings is 1. The fourth-order valence-electron chi connectivity index (χ4n) is 2.76. The maximum atomic E-state index is 12.6. The molecule has 2 atom stereocenters. The summed E-state index contributed by atoms with van der Waals surface area (Å²) < 4.78 is 4.80. The molecule has 116 valence electrons. The standard InChI is InChI=1S/C15H28N2O3/c1-5-15(7-6-8-16-10-15)14(19)17-12(9-11(2)3)13(18)20-4/h11-12,16H,5-10H2,1-4H3,(H,17,19)/t12-,15?/m0/s1. The normalized spacial score (nSPS) is 24.2. The van der Waals surface area contributed by atoms with Gasteiger partial charge in [-0.25, -0.2) is 4.79 Å². The zero-order chi connectivity index (χ0) is 15.2. The lowest BCUT2D eigenvalue weighted by molar-refractivity contribution is -0.147. The molecule has 1 unspecified atom stereocenters. The maximum Gasteiger partial charge on any atom is 0.328 e. The summed E-state index contributed by atoms with van der Waals surface area (Å²) in [6, 6.07) is -0.544. The zero-order valence-electron chi connectivity index (χ0n) is 13.1. The molecular formula is C15H28N2O3. The van der Waals surface area contributed by atoms with Crippen LogP contribution in [0.1, 0.15) is 46.5 Å². The second-order valence-electron chi connectivity index (χ2n) is 6.09. The number of esters is 1. The Bertz CT molecular complexity index is 336. The number of rotatable bonds is 6. The van der Waals surface area contributed by atoms with Crippen LogP contribution in [0, 0.1) is 11.3 Å². The summed E-state index contributed by atoms with van der Waals surface area (Å²) in [5.74, 6) is -0.0632. The van der Waals surface area contributed by atoms with Crippen molar-refractivity contribution in [2.45, 2.75) is 52.5 Å². The number of methoxy groups -OCH3 is 1. The van der Waals surface area contributed by atoms with E-state index in [9.17, 15) is 9.59 Å². The van der Waals surface area contributed by atoms with Gasteiger partial charge in [0.2, 0.25) is 5.91 Å². The molecule has 1 aliphatic rings. The van der Waals surface area contributed by atoms with E-state index in [1.54, 1.807) is 0 Å². The van der Waals surface area contributed by atoms with Gasteiger partial charge in [-0.05, 0) is 38.1 Å². The Hall–Kier alpha value is -1.10. The van der Waals surface area contributed by atoms with Crippen molar-refractivity contribution in [3.05, 3.63) is 0 Å². The minimum absolute atomic E-state index is 0.0248. The highest BCUT2D eigenvalue weighted by Gasteiger charge is 2.39. The smallest absolute Gasteiger partial charge is 0.328 e. The molecule has 1 fully saturated rings. The van der Waals surface area contributed by atoms with E-state index in [-0.39, 0.29) is 17.3 Å². The van der Waals surface area contributed by atoms with Gasteiger partial charge in [-0.15, -0.1) is 0 Å². The Labute approximate surface area is 121 Å². The molecule has 20 heavy (non-hydrogen) atoms. The summed E-state index contributed by atoms with van der Waals surface area (Å²) in [7, 11) is 1.36. The topological polar surface area (TPSA) is 67.4 Å². The number of carbonyl (C=O) groups excluding carboxylic acids is 2. The number of nitrogens with one attached hydrogen (secondary N) is 2. The number of ether oxygens (including phenoxy) is 1. The van der Waals surface area contributed by atoms with Crippen molar-refractivity contribution in [3.8, 4) is 0 Å². The molecule has 0 aromatic rings. The third kappa shape index (κ3) is 4.20. The molecule has 5 heteroatoms. The zero-order valence-corrected chi connectivity index (χ0v) is 13.1. The Morgan fingerprint density at radius 3 is 2.55 bits per heavy atom. The van der Waals surface area contributed by atoms with Gasteiger partial charge in [-0.2, -0.15) is 0 Å². The van der Waals surface area contributed by atoms with E-state index in [4.69, 9.17) is 4.74 Å². The molecule has 0 aliphatic carbocycles. The molecule has 0 bridgehead atoms. The second kappa shape index (κ2) is 7.62. The van der Waals surface area contributed by atoms with Gasteiger partial charge in [0.25, 0.3) is 0 Å². The highest BCUT2D eigenvalue weighted by atomic mass is 16.5. The van der Waals surface area contributed by atoms with E-state index in [1.165, 1.54) is 7.11 Å². The molecule has 1 rings (SSSR count). The summed E-state index contributed by atoms with van der Waals surface area (Å²) in [4.78, 5) is 24.4. The summed E-state index contributed by atoms with van der Waals surface area (Å²) >= 11 is 0. The maximum absolute atomic E-state index is 12.6. The predicted octanol–water partition coefficient (Wildman–Crippen LogP) is 1.47. The van der Waals surface area contributed by atoms with Crippen molar-refractivity contribution in [3.63, 3.8) is 0 Å². The van der Waals surface area contributed by atoms with Crippen LogP contribution >= 0.6 is 0 Å². The van der Waals surface area contributed by atoms with Crippen LogP contribution in [0.5, 0.6) is 0 Å². The van der Waals surface area contributed by atoms with E-state index in [1.807, 2.05) is 20.8 Å². The van der Waals surface area contributed by atoms with E-state index in [0.717, 1.165) is 25.8 Å². The molecule has 0 spiro atoms. The summed E-state index contributed by atoms with van der Waals surface area (Å²) in [6.45, 7) is 7.73. The first kappa shape index (κ1) is 17.0. The molecular weight excluding hydrogens is 256 g/mol. The molecule has 1 amide bonds. The molecule has 2 N–H and O–H groups in total. The molecule has 1 aliphatic heterocycles. The van der Waals surface area contributed by atoms with Crippen LogP contribution in [-0.4, -0.2) is 38.1 Å². The quantitative estimate of drug-likeness (QED) is 0.725. The molecule has 1 saturated heterocycles. The Morgan fingerprint density at radius 2 is 2.10 bits per heavy atom. The van der Waals surface area contributed by atoms with Crippen molar-refractivity contribution in [2.75, 3.05) is 20.2 Å². The first-order valence-electron chi connectivity index (χ1n) is 7.54. The van der Waals surface area contributed by atoms with Gasteiger partial charge in [0, 0.05) is 6.54 Å². The van der Waals surface area contributed by atoms with Crippen LogP contribution in [0.25, 0.3) is 0 Å². The van der Waals surface area contributed by atoms with Gasteiger partial charge >= 0.3 is 5.97 Å². The molecule has 1 heterocycles. The lowest BCUT2D eigenvalue weighted by atomic mass is 9.77. The predicted molar refractivity (Wildman–Crippen MR) is 78.2 cm³/mol. The second-order valence-corrected chi connectivity index (χ2v) is 6.09. The van der Waals surface area contributed by atoms with Crippen LogP contribution in [0.4, 0.5) is 0 Å². The monoisotopic (exact) mass is 284 g/mol. The van der Waals surface area contributed by atoms with Gasteiger partial charge in [0.1, 0.15) is 6.04 Å². The van der Waals surface area contributed by atoms with Crippen LogP contribution in [-0.2, 0) is 14.3 Å². The molecule has 0 aromatic carbocycles. The minimum Gasteiger partial charge on any atom is -0.467 e. The van der Waals surface area contributed by atoms with Crippen LogP contribution in [0.3, 0.4) is 0 Å². The van der Waals surface area contributed by atoms with E-state index < -0.39 is 6.04 Å². The Morgan fingerprint density at radius 1 is 1.40 bits per heavy atom. The third-order valence-electron chi connectivity index (χ3n) is 4.13. The lowest BCUT2D eigenvalue weighted by Crippen LogP contribution is -2.54. The number of amides is 1. The van der Waals surface area contributed by atoms with Crippen LogP contribution in [0.2, 0.25) is 0 Å². The Kier molecular flexibility index (Phi) is 6.46. The number of carbonyl (C=O) groups is 2. The molecule has 0 radical (unpaired) electrons. The van der Waals surface area contributed by atoms with Gasteiger partial charge in [0.15, 0.2) is 0 Å². The number of hydrogen-bond donors (Lipinski definition) is 2. The van der Waals surface area contributed by atoms with Crippen LogP contribution in [0.15, 0.2) is 0 Å². The first-order chi connectivity index (χ1) is 9.45. The van der Waals surface area contributed by atoms with Crippen molar-refractivity contribution < 1.29 is 14.3 Å². The van der Waals surface area contributed by atoms with E-state index >= 15 is 0 Å². The minimum atomic E-state index is -0.544. The largest absolute Gasteiger partial charge is 0.467 e. The first-order valence-corrected chi connectivity index (χ1v) is 7.54. The fraction of sp³-hybridized carbons (Fsp3) is 0.867. The summed E-state index contributed by atoms with van der Waals surface area (Å²) in [5, 5.41) is 6.19. The van der Waals surface area contributed by atoms with Crippen molar-refractivity contribution in [1.29, 1.82) is 0 Å². The third-order valence-corrected chi connectivity index (χ3v) is 4.13. The van der Waals surface area contributed by atoms with E-state index in [2.05, 4.69) is 10.6 Å². The average molecular weight is 284 g/mol. The van der Waals surface area contributed by atoms with Crippen molar-refractivity contribution in [1.82, 2.24) is 10.6 Å². The highest BCUT2D eigenvalue weighted by molar-refractivity contribution is 5.88. The lowest BCUT2D eigenvalue weighted by Gasteiger charge is -2.36.